The minimum Gasteiger partial charge on any atom is -0.447 e. The van der Waals surface area contributed by atoms with Gasteiger partial charge in [-0.1, -0.05) is 6.92 Å². The van der Waals surface area contributed by atoms with Gasteiger partial charge in [0.25, 0.3) is 10.0 Å². The quantitative estimate of drug-likeness (QED) is 0.766. The lowest BCUT2D eigenvalue weighted by molar-refractivity contribution is 0.115. The summed E-state index contributed by atoms with van der Waals surface area (Å²) in [4.78, 5) is 0. The molecule has 1 saturated heterocycles. The Labute approximate surface area is 120 Å². The van der Waals surface area contributed by atoms with Crippen LogP contribution in [0.3, 0.4) is 0 Å². The first-order chi connectivity index (χ1) is 9.57. The van der Waals surface area contributed by atoms with Crippen LogP contribution < -0.4 is 5.32 Å². The molecule has 1 aromatic rings. The van der Waals surface area contributed by atoms with Crippen LogP contribution in [0.1, 0.15) is 25.5 Å². The molecule has 1 aliphatic heterocycles. The molecule has 0 aromatic carbocycles. The van der Waals surface area contributed by atoms with Crippen molar-refractivity contribution in [3.05, 3.63) is 17.9 Å². The van der Waals surface area contributed by atoms with Gasteiger partial charge in [0.15, 0.2) is 0 Å². The highest BCUT2D eigenvalue weighted by Crippen LogP contribution is 2.23. The summed E-state index contributed by atoms with van der Waals surface area (Å²) in [5.41, 5.74) is 0. The molecule has 0 bridgehead atoms. The van der Waals surface area contributed by atoms with E-state index >= 15 is 0 Å². The molecule has 1 aromatic heterocycles. The van der Waals surface area contributed by atoms with E-state index in [2.05, 4.69) is 12.2 Å². The third kappa shape index (κ3) is 3.41. The van der Waals surface area contributed by atoms with Crippen molar-refractivity contribution in [1.29, 1.82) is 0 Å². The van der Waals surface area contributed by atoms with Gasteiger partial charge in [-0.2, -0.15) is 4.31 Å². The number of nitrogens with one attached hydrogen (secondary N) is 1. The summed E-state index contributed by atoms with van der Waals surface area (Å²) in [5.74, 6) is 0.638. The molecule has 1 aliphatic rings. The number of nitrogens with zero attached hydrogens (tertiary/aromatic N) is 1. The van der Waals surface area contributed by atoms with Crippen LogP contribution in [0.4, 0.5) is 0 Å². The van der Waals surface area contributed by atoms with Gasteiger partial charge in [-0.3, -0.25) is 0 Å². The molecule has 1 atom stereocenters. The van der Waals surface area contributed by atoms with Crippen LogP contribution in [0.2, 0.25) is 0 Å². The van der Waals surface area contributed by atoms with Crippen LogP contribution in [0.5, 0.6) is 0 Å². The Balaban J connectivity index is 2.03. The average Bonchev–Trinajstić information content (AvgIpc) is 3.08. The largest absolute Gasteiger partial charge is 0.447 e. The zero-order chi connectivity index (χ0) is 14.6. The minimum absolute atomic E-state index is 0.0163. The highest BCUT2D eigenvalue weighted by Gasteiger charge is 2.34. The average molecular weight is 302 g/mol. The van der Waals surface area contributed by atoms with Gasteiger partial charge in [-0.05, 0) is 31.5 Å². The highest BCUT2D eigenvalue weighted by atomic mass is 32.2. The fourth-order valence-corrected chi connectivity index (χ4v) is 3.63. The van der Waals surface area contributed by atoms with E-state index in [1.54, 1.807) is 13.2 Å². The summed E-state index contributed by atoms with van der Waals surface area (Å²) in [6.45, 7) is 4.37. The molecule has 2 rings (SSSR count). The third-order valence-electron chi connectivity index (χ3n) is 3.40. The zero-order valence-corrected chi connectivity index (χ0v) is 12.8. The normalized spacial score (nSPS) is 20.6. The van der Waals surface area contributed by atoms with Crippen LogP contribution in [0, 0.1) is 0 Å². The second kappa shape index (κ2) is 6.71. The molecule has 114 valence electrons. The summed E-state index contributed by atoms with van der Waals surface area (Å²) >= 11 is 0. The van der Waals surface area contributed by atoms with Crippen molar-refractivity contribution < 1.29 is 17.6 Å². The molecule has 7 heteroatoms. The summed E-state index contributed by atoms with van der Waals surface area (Å²) in [5, 5.41) is 3.20. The molecule has 0 spiro atoms. The van der Waals surface area contributed by atoms with Gasteiger partial charge in [-0.25, -0.2) is 8.42 Å². The number of furan rings is 1. The Hall–Kier alpha value is -0.890. The van der Waals surface area contributed by atoms with E-state index in [0.717, 1.165) is 19.4 Å². The van der Waals surface area contributed by atoms with Gasteiger partial charge in [0, 0.05) is 20.2 Å². The maximum atomic E-state index is 12.4. The SMILES string of the molecule is CCCNCc1ccc(S(=O)(=O)N2CCC(OC)C2)o1. The Bertz CT molecular complexity index is 526. The van der Waals surface area contributed by atoms with Crippen LogP contribution in [0.25, 0.3) is 0 Å². The molecule has 0 amide bonds. The lowest BCUT2D eigenvalue weighted by Gasteiger charge is -2.14. The van der Waals surface area contributed by atoms with E-state index in [-0.39, 0.29) is 11.2 Å². The summed E-state index contributed by atoms with van der Waals surface area (Å²) in [7, 11) is -1.93. The summed E-state index contributed by atoms with van der Waals surface area (Å²) < 4.78 is 36.9. The van der Waals surface area contributed by atoms with Gasteiger partial charge in [0.1, 0.15) is 5.76 Å². The van der Waals surface area contributed by atoms with Crippen molar-refractivity contribution in [2.75, 3.05) is 26.7 Å². The summed E-state index contributed by atoms with van der Waals surface area (Å²) in [6, 6.07) is 3.23. The van der Waals surface area contributed by atoms with Crippen LogP contribution in [0.15, 0.2) is 21.6 Å². The first kappa shape index (κ1) is 15.5. The molecule has 0 saturated carbocycles. The first-order valence-electron chi connectivity index (χ1n) is 6.90. The van der Waals surface area contributed by atoms with Crippen molar-refractivity contribution in [2.45, 2.75) is 37.5 Å². The monoisotopic (exact) mass is 302 g/mol. The number of methoxy groups -OCH3 is 1. The predicted octanol–water partition coefficient (Wildman–Crippen LogP) is 1.19. The van der Waals surface area contributed by atoms with Crippen molar-refractivity contribution in [3.8, 4) is 0 Å². The van der Waals surface area contributed by atoms with E-state index in [1.165, 1.54) is 10.4 Å². The molecular weight excluding hydrogens is 280 g/mol. The van der Waals surface area contributed by atoms with Crippen molar-refractivity contribution in [3.63, 3.8) is 0 Å². The van der Waals surface area contributed by atoms with E-state index in [0.29, 0.717) is 25.4 Å². The van der Waals surface area contributed by atoms with Crippen molar-refractivity contribution >= 4 is 10.0 Å². The second-order valence-corrected chi connectivity index (χ2v) is 6.78. The third-order valence-corrected chi connectivity index (χ3v) is 5.14. The van der Waals surface area contributed by atoms with E-state index in [9.17, 15) is 8.42 Å². The van der Waals surface area contributed by atoms with Crippen LogP contribution >= 0.6 is 0 Å². The predicted molar refractivity (Wildman–Crippen MR) is 74.9 cm³/mol. The van der Waals surface area contributed by atoms with Crippen molar-refractivity contribution in [2.24, 2.45) is 0 Å². The Kier molecular flexibility index (Phi) is 5.20. The second-order valence-electron chi connectivity index (χ2n) is 4.91. The number of rotatable bonds is 7. The van der Waals surface area contributed by atoms with Gasteiger partial charge in [0.2, 0.25) is 5.09 Å². The molecule has 1 unspecified atom stereocenters. The minimum atomic E-state index is -3.53. The maximum Gasteiger partial charge on any atom is 0.276 e. The van der Waals surface area contributed by atoms with Gasteiger partial charge < -0.3 is 14.5 Å². The molecule has 6 nitrogen and oxygen atoms in total. The molecule has 0 radical (unpaired) electrons. The smallest absolute Gasteiger partial charge is 0.276 e. The highest BCUT2D eigenvalue weighted by molar-refractivity contribution is 7.89. The Morgan fingerprint density at radius 3 is 2.95 bits per heavy atom. The Morgan fingerprint density at radius 2 is 2.30 bits per heavy atom. The topological polar surface area (TPSA) is 71.8 Å². The number of sulfonamides is 1. The number of ether oxygens (including phenoxy) is 1. The lowest BCUT2D eigenvalue weighted by Crippen LogP contribution is -2.29. The zero-order valence-electron chi connectivity index (χ0n) is 12.0. The molecule has 0 aliphatic carbocycles. The fourth-order valence-electron chi connectivity index (χ4n) is 2.22. The van der Waals surface area contributed by atoms with Gasteiger partial charge in [-0.15, -0.1) is 0 Å². The molecule has 20 heavy (non-hydrogen) atoms. The van der Waals surface area contributed by atoms with E-state index in [4.69, 9.17) is 9.15 Å². The summed E-state index contributed by atoms with van der Waals surface area (Å²) in [6.07, 6.45) is 1.73. The number of hydrogen-bond acceptors (Lipinski definition) is 5. The van der Waals surface area contributed by atoms with Gasteiger partial charge in [0.05, 0.1) is 12.6 Å². The molecule has 2 heterocycles. The van der Waals surface area contributed by atoms with Crippen LogP contribution in [-0.4, -0.2) is 45.6 Å². The maximum absolute atomic E-state index is 12.4. The van der Waals surface area contributed by atoms with E-state index < -0.39 is 10.0 Å². The Morgan fingerprint density at radius 1 is 1.50 bits per heavy atom. The first-order valence-corrected chi connectivity index (χ1v) is 8.34. The number of hydrogen-bond donors (Lipinski definition) is 1. The lowest BCUT2D eigenvalue weighted by atomic mass is 10.3. The molecule has 1 fully saturated rings. The fraction of sp³-hybridized carbons (Fsp3) is 0.692. The van der Waals surface area contributed by atoms with E-state index in [1.807, 2.05) is 0 Å². The van der Waals surface area contributed by atoms with Crippen molar-refractivity contribution in [1.82, 2.24) is 9.62 Å². The standard InChI is InChI=1S/C13H22N2O4S/c1-3-7-14-9-11-4-5-13(19-11)20(16,17)15-8-6-12(10-15)18-2/h4-5,12,14H,3,6-10H2,1-2H3. The molecular formula is C13H22N2O4S. The van der Waals surface area contributed by atoms with Gasteiger partial charge >= 0.3 is 0 Å². The molecule has 1 N–H and O–H groups in total. The van der Waals surface area contributed by atoms with Crippen LogP contribution in [-0.2, 0) is 21.3 Å².